The minimum atomic E-state index is 0.00672. The zero-order chi connectivity index (χ0) is 15.7. The Kier molecular flexibility index (Phi) is 4.19. The highest BCUT2D eigenvalue weighted by molar-refractivity contribution is 7.26. The van der Waals surface area contributed by atoms with Crippen LogP contribution in [0.4, 0.5) is 5.82 Å². The molecule has 3 aromatic heterocycles. The Hall–Kier alpha value is -1.83. The van der Waals surface area contributed by atoms with Crippen LogP contribution in [0.1, 0.15) is 11.3 Å². The summed E-state index contributed by atoms with van der Waals surface area (Å²) in [4.78, 5) is 16.2. The number of rotatable bonds is 5. The van der Waals surface area contributed by atoms with E-state index < -0.39 is 0 Å². The minimum Gasteiger partial charge on any atom is -0.395 e. The average Bonchev–Trinajstić information content (AvgIpc) is 2.85. The van der Waals surface area contributed by atoms with Crippen molar-refractivity contribution in [2.45, 2.75) is 13.8 Å². The number of anilines is 1. The van der Waals surface area contributed by atoms with Gasteiger partial charge < -0.3 is 15.1 Å². The molecule has 3 aromatic rings. The Bertz CT molecular complexity index is 812. The second-order valence-corrected chi connectivity index (χ2v) is 6.17. The number of fused-ring (bicyclic) bond motifs is 3. The zero-order valence-corrected chi connectivity index (χ0v) is 13.4. The number of pyridine rings is 1. The van der Waals surface area contributed by atoms with Crippen molar-refractivity contribution >= 4 is 37.6 Å². The third-order valence-corrected chi connectivity index (χ3v) is 4.64. The molecule has 6 nitrogen and oxygen atoms in total. The summed E-state index contributed by atoms with van der Waals surface area (Å²) < 4.78 is 0.945. The van der Waals surface area contributed by atoms with Gasteiger partial charge in [-0.15, -0.1) is 11.3 Å². The van der Waals surface area contributed by atoms with Crippen molar-refractivity contribution < 1.29 is 10.2 Å². The zero-order valence-electron chi connectivity index (χ0n) is 12.6. The summed E-state index contributed by atoms with van der Waals surface area (Å²) in [6.07, 6.45) is 1.53. The van der Waals surface area contributed by atoms with Gasteiger partial charge in [0.1, 0.15) is 17.0 Å². The van der Waals surface area contributed by atoms with Crippen LogP contribution < -0.4 is 4.90 Å². The predicted octanol–water partition coefficient (Wildman–Crippen LogP) is 1.65. The van der Waals surface area contributed by atoms with Crippen LogP contribution in [0.25, 0.3) is 20.4 Å². The van der Waals surface area contributed by atoms with Gasteiger partial charge in [-0.3, -0.25) is 0 Å². The minimum absolute atomic E-state index is 0.00672. The van der Waals surface area contributed by atoms with E-state index in [-0.39, 0.29) is 13.2 Å². The van der Waals surface area contributed by atoms with Gasteiger partial charge >= 0.3 is 0 Å². The average molecular weight is 318 g/mol. The van der Waals surface area contributed by atoms with E-state index in [0.717, 1.165) is 37.5 Å². The van der Waals surface area contributed by atoms with E-state index in [1.165, 1.54) is 6.33 Å². The normalized spacial score (nSPS) is 11.5. The van der Waals surface area contributed by atoms with E-state index in [1.807, 2.05) is 11.8 Å². The molecule has 3 heterocycles. The summed E-state index contributed by atoms with van der Waals surface area (Å²) in [6, 6.07) is 2.05. The van der Waals surface area contributed by atoms with E-state index >= 15 is 0 Å². The largest absolute Gasteiger partial charge is 0.395 e. The van der Waals surface area contributed by atoms with Gasteiger partial charge in [-0.2, -0.15) is 0 Å². The molecule has 0 unspecified atom stereocenters. The Morgan fingerprint density at radius 2 is 1.86 bits per heavy atom. The fourth-order valence-corrected chi connectivity index (χ4v) is 3.96. The van der Waals surface area contributed by atoms with Crippen LogP contribution in [0.2, 0.25) is 0 Å². The van der Waals surface area contributed by atoms with Gasteiger partial charge in [-0.05, 0) is 25.5 Å². The highest BCUT2D eigenvalue weighted by Crippen LogP contribution is 2.37. The Labute approximate surface area is 132 Å². The molecule has 0 fully saturated rings. The van der Waals surface area contributed by atoms with Crippen LogP contribution in [0.3, 0.4) is 0 Å². The van der Waals surface area contributed by atoms with Crippen LogP contribution >= 0.6 is 11.3 Å². The molecule has 2 N–H and O–H groups in total. The number of nitrogens with zero attached hydrogens (tertiary/aromatic N) is 4. The number of aliphatic hydroxyl groups is 2. The standard InChI is InChI=1S/C15H18N4O2S/c1-9-7-10(2)18-15-11(9)12-13(22-15)14(17-8-16-12)19(3-5-20)4-6-21/h7-8,20-21H,3-6H2,1-2H3. The van der Waals surface area contributed by atoms with Crippen molar-refractivity contribution in [1.29, 1.82) is 0 Å². The number of thiophene rings is 1. The summed E-state index contributed by atoms with van der Waals surface area (Å²) in [5.41, 5.74) is 3.01. The lowest BCUT2D eigenvalue weighted by molar-refractivity contribution is 0.281. The first-order valence-electron chi connectivity index (χ1n) is 7.13. The van der Waals surface area contributed by atoms with Crippen LogP contribution in [-0.2, 0) is 0 Å². The quantitative estimate of drug-likeness (QED) is 0.744. The van der Waals surface area contributed by atoms with Gasteiger partial charge in [0, 0.05) is 24.2 Å². The summed E-state index contributed by atoms with van der Waals surface area (Å²) in [5.74, 6) is 0.744. The van der Waals surface area contributed by atoms with Crippen molar-refractivity contribution in [1.82, 2.24) is 15.0 Å². The lowest BCUT2D eigenvalue weighted by atomic mass is 10.1. The first kappa shape index (κ1) is 15.1. The number of aliphatic hydroxyl groups excluding tert-OH is 2. The van der Waals surface area contributed by atoms with E-state index in [2.05, 4.69) is 27.9 Å². The van der Waals surface area contributed by atoms with E-state index in [0.29, 0.717) is 13.1 Å². The number of aromatic nitrogens is 3. The number of hydrogen-bond donors (Lipinski definition) is 2. The van der Waals surface area contributed by atoms with Gasteiger partial charge in [0.05, 0.1) is 23.4 Å². The molecular formula is C15H18N4O2S. The van der Waals surface area contributed by atoms with Crippen molar-refractivity contribution in [3.8, 4) is 0 Å². The van der Waals surface area contributed by atoms with E-state index in [9.17, 15) is 10.2 Å². The highest BCUT2D eigenvalue weighted by atomic mass is 32.1. The van der Waals surface area contributed by atoms with Gasteiger partial charge in [0.2, 0.25) is 0 Å². The molecule has 7 heteroatoms. The highest BCUT2D eigenvalue weighted by Gasteiger charge is 2.18. The molecule has 0 aliphatic heterocycles. The number of hydrogen-bond acceptors (Lipinski definition) is 7. The topological polar surface area (TPSA) is 82.4 Å². The SMILES string of the molecule is Cc1cc(C)c2c(n1)sc1c(N(CCO)CCO)ncnc12. The van der Waals surface area contributed by atoms with Gasteiger partial charge in [0.25, 0.3) is 0 Å². The maximum Gasteiger partial charge on any atom is 0.150 e. The summed E-state index contributed by atoms with van der Waals surface area (Å²) in [6.45, 7) is 4.90. The lowest BCUT2D eigenvalue weighted by Crippen LogP contribution is -2.30. The molecule has 0 saturated carbocycles. The fourth-order valence-electron chi connectivity index (χ4n) is 2.69. The van der Waals surface area contributed by atoms with Crippen molar-refractivity contribution in [3.05, 3.63) is 23.7 Å². The summed E-state index contributed by atoms with van der Waals surface area (Å²) >= 11 is 1.56. The maximum absolute atomic E-state index is 9.24. The Morgan fingerprint density at radius 3 is 2.55 bits per heavy atom. The summed E-state index contributed by atoms with van der Waals surface area (Å²) in [5, 5.41) is 19.5. The molecule has 3 rings (SSSR count). The van der Waals surface area contributed by atoms with Crippen molar-refractivity contribution in [2.24, 2.45) is 0 Å². The van der Waals surface area contributed by atoms with Gasteiger partial charge in [-0.25, -0.2) is 15.0 Å². The molecule has 0 aliphatic carbocycles. The maximum atomic E-state index is 9.24. The van der Waals surface area contributed by atoms with Crippen LogP contribution in [-0.4, -0.2) is 51.5 Å². The molecule has 116 valence electrons. The van der Waals surface area contributed by atoms with Gasteiger partial charge in [0.15, 0.2) is 0 Å². The second kappa shape index (κ2) is 6.12. The molecule has 0 amide bonds. The third kappa shape index (κ3) is 2.51. The Morgan fingerprint density at radius 1 is 1.14 bits per heavy atom. The molecule has 0 radical (unpaired) electrons. The molecule has 0 aliphatic rings. The smallest absolute Gasteiger partial charge is 0.150 e. The van der Waals surface area contributed by atoms with Crippen LogP contribution in [0, 0.1) is 13.8 Å². The molecule has 22 heavy (non-hydrogen) atoms. The molecule has 0 atom stereocenters. The second-order valence-electron chi connectivity index (χ2n) is 5.17. The van der Waals surface area contributed by atoms with E-state index in [1.54, 1.807) is 11.3 Å². The van der Waals surface area contributed by atoms with E-state index in [4.69, 9.17) is 0 Å². The van der Waals surface area contributed by atoms with Crippen molar-refractivity contribution in [3.63, 3.8) is 0 Å². The lowest BCUT2D eigenvalue weighted by Gasteiger charge is -2.21. The monoisotopic (exact) mass is 318 g/mol. The third-order valence-electron chi connectivity index (χ3n) is 3.57. The van der Waals surface area contributed by atoms with Crippen molar-refractivity contribution in [2.75, 3.05) is 31.2 Å². The van der Waals surface area contributed by atoms with Gasteiger partial charge in [-0.1, -0.05) is 0 Å². The summed E-state index contributed by atoms with van der Waals surface area (Å²) in [7, 11) is 0. The number of aryl methyl sites for hydroxylation is 2. The first-order valence-corrected chi connectivity index (χ1v) is 7.95. The predicted molar refractivity (Wildman–Crippen MR) is 88.6 cm³/mol. The van der Waals surface area contributed by atoms with Crippen LogP contribution in [0.5, 0.6) is 0 Å². The molecule has 0 bridgehead atoms. The van der Waals surface area contributed by atoms with Crippen LogP contribution in [0.15, 0.2) is 12.4 Å². The molecule has 0 aromatic carbocycles. The fraction of sp³-hybridized carbons (Fsp3) is 0.400. The molecular weight excluding hydrogens is 300 g/mol. The molecule has 0 saturated heterocycles. The first-order chi connectivity index (χ1) is 10.7. The molecule has 0 spiro atoms. The Balaban J connectivity index is 2.26.